The molecule has 3 nitrogen and oxygen atoms in total. The molecule has 0 aromatic rings. The number of fused-ring (bicyclic) bond motifs is 1. The summed E-state index contributed by atoms with van der Waals surface area (Å²) in [6, 6.07) is 0. The van der Waals surface area contributed by atoms with Crippen LogP contribution in [-0.2, 0) is 9.47 Å². The van der Waals surface area contributed by atoms with Gasteiger partial charge in [-0.15, -0.1) is 0 Å². The third-order valence-electron chi connectivity index (χ3n) is 3.48. The van der Waals surface area contributed by atoms with Crippen molar-refractivity contribution in [3.05, 3.63) is 12.2 Å². The van der Waals surface area contributed by atoms with Gasteiger partial charge in [0.1, 0.15) is 18.3 Å². The van der Waals surface area contributed by atoms with Gasteiger partial charge >= 0.3 is 0 Å². The predicted octanol–water partition coefficient (Wildman–Crippen LogP) is 1.36. The van der Waals surface area contributed by atoms with Crippen molar-refractivity contribution in [1.29, 1.82) is 0 Å². The Hall–Kier alpha value is -0.380. The first-order valence-corrected chi connectivity index (χ1v) is 5.51. The van der Waals surface area contributed by atoms with Crippen molar-refractivity contribution in [3.8, 4) is 0 Å². The Balaban J connectivity index is 1.77. The van der Waals surface area contributed by atoms with Gasteiger partial charge in [0, 0.05) is 12.8 Å². The van der Waals surface area contributed by atoms with Crippen LogP contribution < -0.4 is 0 Å². The number of aliphatic hydroxyl groups excluding tert-OH is 1. The van der Waals surface area contributed by atoms with Crippen LogP contribution in [0.25, 0.3) is 0 Å². The maximum atomic E-state index is 9.62. The van der Waals surface area contributed by atoms with Gasteiger partial charge in [-0.1, -0.05) is 18.6 Å². The Morgan fingerprint density at radius 3 is 2.57 bits per heavy atom. The molecule has 0 bridgehead atoms. The largest absolute Gasteiger partial charge is 0.386 e. The predicted molar refractivity (Wildman–Crippen MR) is 50.7 cm³/mol. The summed E-state index contributed by atoms with van der Waals surface area (Å²) in [6.07, 6.45) is 8.68. The van der Waals surface area contributed by atoms with E-state index < -0.39 is 6.10 Å². The Morgan fingerprint density at radius 1 is 1.07 bits per heavy atom. The van der Waals surface area contributed by atoms with Crippen LogP contribution >= 0.6 is 0 Å². The highest BCUT2D eigenvalue weighted by Crippen LogP contribution is 2.43. The van der Waals surface area contributed by atoms with E-state index in [0.29, 0.717) is 0 Å². The van der Waals surface area contributed by atoms with Crippen molar-refractivity contribution in [1.82, 2.24) is 0 Å². The van der Waals surface area contributed by atoms with Gasteiger partial charge in [-0.25, -0.2) is 0 Å². The normalized spacial score (nSPS) is 44.5. The van der Waals surface area contributed by atoms with Crippen molar-refractivity contribution in [2.45, 2.75) is 56.2 Å². The molecule has 1 saturated heterocycles. The summed E-state index contributed by atoms with van der Waals surface area (Å²) in [7, 11) is 0. The van der Waals surface area contributed by atoms with Crippen LogP contribution in [0.5, 0.6) is 0 Å². The summed E-state index contributed by atoms with van der Waals surface area (Å²) in [5.74, 6) is -0.362. The van der Waals surface area contributed by atoms with E-state index in [-0.39, 0.29) is 18.0 Å². The van der Waals surface area contributed by atoms with E-state index in [1.165, 1.54) is 19.3 Å². The molecule has 78 valence electrons. The first kappa shape index (κ1) is 8.89. The second-order valence-corrected chi connectivity index (χ2v) is 4.51. The minimum atomic E-state index is -0.471. The van der Waals surface area contributed by atoms with E-state index >= 15 is 0 Å². The first-order chi connectivity index (χ1) is 6.79. The lowest BCUT2D eigenvalue weighted by Gasteiger charge is -2.32. The van der Waals surface area contributed by atoms with E-state index in [9.17, 15) is 5.11 Å². The summed E-state index contributed by atoms with van der Waals surface area (Å²) in [5, 5.41) is 9.62. The fraction of sp³-hybridized carbons (Fsp3) is 0.818. The standard InChI is InChI=1S/C11H16O3/c12-8-4-5-9-10(8)14-11(13-9)6-2-1-3-7-11/h4-5,8-10,12H,1-3,6-7H2/t8-,9+,10-/m1/s1. The van der Waals surface area contributed by atoms with Crippen LogP contribution in [0.4, 0.5) is 0 Å². The van der Waals surface area contributed by atoms with Gasteiger partial charge in [-0.05, 0) is 12.8 Å². The molecule has 0 aromatic carbocycles. The van der Waals surface area contributed by atoms with Gasteiger partial charge in [0.2, 0.25) is 0 Å². The molecule has 0 radical (unpaired) electrons. The maximum absolute atomic E-state index is 9.62. The van der Waals surface area contributed by atoms with Crippen molar-refractivity contribution in [3.63, 3.8) is 0 Å². The molecule has 2 fully saturated rings. The topological polar surface area (TPSA) is 38.7 Å². The zero-order chi connectivity index (χ0) is 9.60. The fourth-order valence-electron chi connectivity index (χ4n) is 2.73. The summed E-state index contributed by atoms with van der Waals surface area (Å²) < 4.78 is 11.8. The maximum Gasteiger partial charge on any atom is 0.169 e. The lowest BCUT2D eigenvalue weighted by Crippen LogP contribution is -2.35. The average Bonchev–Trinajstić information content (AvgIpc) is 2.68. The average molecular weight is 196 g/mol. The van der Waals surface area contributed by atoms with Gasteiger partial charge in [0.05, 0.1) is 0 Å². The van der Waals surface area contributed by atoms with E-state index in [1.54, 1.807) is 6.08 Å². The van der Waals surface area contributed by atoms with Crippen molar-refractivity contribution in [2.24, 2.45) is 0 Å². The van der Waals surface area contributed by atoms with Gasteiger partial charge < -0.3 is 14.6 Å². The van der Waals surface area contributed by atoms with E-state index in [1.807, 2.05) is 6.08 Å². The molecule has 1 heterocycles. The minimum absolute atomic E-state index is 0.0110. The van der Waals surface area contributed by atoms with Crippen molar-refractivity contribution >= 4 is 0 Å². The lowest BCUT2D eigenvalue weighted by molar-refractivity contribution is -0.197. The zero-order valence-electron chi connectivity index (χ0n) is 8.19. The molecule has 2 aliphatic carbocycles. The quantitative estimate of drug-likeness (QED) is 0.594. The summed E-state index contributed by atoms with van der Waals surface area (Å²) >= 11 is 0. The minimum Gasteiger partial charge on any atom is -0.386 e. The highest BCUT2D eigenvalue weighted by Gasteiger charge is 2.50. The monoisotopic (exact) mass is 196 g/mol. The molecule has 1 saturated carbocycles. The number of hydrogen-bond acceptors (Lipinski definition) is 3. The van der Waals surface area contributed by atoms with E-state index in [4.69, 9.17) is 9.47 Å². The highest BCUT2D eigenvalue weighted by molar-refractivity contribution is 5.13. The van der Waals surface area contributed by atoms with Crippen LogP contribution in [0.15, 0.2) is 12.2 Å². The molecular weight excluding hydrogens is 180 g/mol. The number of hydrogen-bond donors (Lipinski definition) is 1. The first-order valence-electron chi connectivity index (χ1n) is 5.51. The highest BCUT2D eigenvalue weighted by atomic mass is 16.8. The molecule has 0 amide bonds. The van der Waals surface area contributed by atoms with Crippen LogP contribution in [0.3, 0.4) is 0 Å². The van der Waals surface area contributed by atoms with Crippen LogP contribution in [0.1, 0.15) is 32.1 Å². The molecular formula is C11H16O3. The van der Waals surface area contributed by atoms with Crippen molar-refractivity contribution in [2.75, 3.05) is 0 Å². The molecule has 3 aliphatic rings. The summed E-state index contributed by atoms with van der Waals surface area (Å²) in [4.78, 5) is 0. The number of ether oxygens (including phenoxy) is 2. The van der Waals surface area contributed by atoms with Crippen molar-refractivity contribution < 1.29 is 14.6 Å². The molecule has 3 heteroatoms. The zero-order valence-corrected chi connectivity index (χ0v) is 8.19. The summed E-state index contributed by atoms with van der Waals surface area (Å²) in [5.41, 5.74) is 0. The van der Waals surface area contributed by atoms with Crippen LogP contribution in [0.2, 0.25) is 0 Å². The molecule has 0 aromatic heterocycles. The summed E-state index contributed by atoms with van der Waals surface area (Å²) in [6.45, 7) is 0. The molecule has 3 rings (SSSR count). The SMILES string of the molecule is O[C@@H]1C=C[C@@H]2OC3(CCCCC3)O[C@H]12. The second-order valence-electron chi connectivity index (χ2n) is 4.51. The Kier molecular flexibility index (Phi) is 1.94. The van der Waals surface area contributed by atoms with E-state index in [2.05, 4.69) is 0 Å². The number of rotatable bonds is 0. The van der Waals surface area contributed by atoms with Gasteiger partial charge in [-0.2, -0.15) is 0 Å². The Morgan fingerprint density at radius 2 is 1.86 bits per heavy atom. The lowest BCUT2D eigenvalue weighted by atomic mass is 9.94. The number of aliphatic hydroxyl groups is 1. The molecule has 1 N–H and O–H groups in total. The molecule has 1 aliphatic heterocycles. The third-order valence-corrected chi connectivity index (χ3v) is 3.48. The van der Waals surface area contributed by atoms with Gasteiger partial charge in [0.15, 0.2) is 5.79 Å². The molecule has 3 atom stereocenters. The third kappa shape index (κ3) is 1.23. The molecule has 14 heavy (non-hydrogen) atoms. The smallest absolute Gasteiger partial charge is 0.169 e. The van der Waals surface area contributed by atoms with E-state index in [0.717, 1.165) is 12.8 Å². The fourth-order valence-corrected chi connectivity index (χ4v) is 2.73. The van der Waals surface area contributed by atoms with Gasteiger partial charge in [0.25, 0.3) is 0 Å². The molecule has 1 spiro atoms. The second kappa shape index (κ2) is 3.05. The van der Waals surface area contributed by atoms with Crippen LogP contribution in [0, 0.1) is 0 Å². The van der Waals surface area contributed by atoms with Crippen LogP contribution in [-0.4, -0.2) is 29.2 Å². The van der Waals surface area contributed by atoms with Gasteiger partial charge in [-0.3, -0.25) is 0 Å². The molecule has 0 unspecified atom stereocenters. The Bertz CT molecular complexity index is 255. The Labute approximate surface area is 83.7 Å².